The first kappa shape index (κ1) is 23.6. The van der Waals surface area contributed by atoms with Gasteiger partial charge in [0, 0.05) is 19.5 Å². The standard InChI is InChI=1S/C28H33N3O3/c1-21-11-8-12-22(2)27(21)34-20-10-18-31-24-14-6-5-13-23(24)30-26(31)16-4-3-7-17-29-28(32)25-15-9-19-33-25/h5-6,8-9,11-15,19H,3-4,7,10,16-18,20H2,1-2H3,(H,29,32). The first-order chi connectivity index (χ1) is 16.6. The van der Waals surface area contributed by atoms with Gasteiger partial charge in [0.05, 0.1) is 23.9 Å². The van der Waals surface area contributed by atoms with Crippen LogP contribution in [0, 0.1) is 13.8 Å². The molecule has 0 fully saturated rings. The highest BCUT2D eigenvalue weighted by molar-refractivity contribution is 5.91. The van der Waals surface area contributed by atoms with Crippen molar-refractivity contribution in [3.05, 3.63) is 83.6 Å². The smallest absolute Gasteiger partial charge is 0.286 e. The summed E-state index contributed by atoms with van der Waals surface area (Å²) in [6, 6.07) is 18.0. The van der Waals surface area contributed by atoms with E-state index in [-0.39, 0.29) is 5.91 Å². The Morgan fingerprint density at radius 2 is 1.79 bits per heavy atom. The van der Waals surface area contributed by atoms with Crippen LogP contribution in [-0.4, -0.2) is 28.6 Å². The summed E-state index contributed by atoms with van der Waals surface area (Å²) in [4.78, 5) is 16.8. The number of furan rings is 1. The molecule has 0 saturated carbocycles. The second-order valence-corrected chi connectivity index (χ2v) is 8.64. The van der Waals surface area contributed by atoms with E-state index < -0.39 is 0 Å². The van der Waals surface area contributed by atoms with Crippen LogP contribution in [0.15, 0.2) is 65.3 Å². The Kier molecular flexibility index (Phi) is 8.02. The maximum atomic E-state index is 11.9. The Balaban J connectivity index is 1.27. The van der Waals surface area contributed by atoms with Crippen LogP contribution in [0.3, 0.4) is 0 Å². The van der Waals surface area contributed by atoms with Crippen molar-refractivity contribution in [3.63, 3.8) is 0 Å². The van der Waals surface area contributed by atoms with Crippen molar-refractivity contribution in [1.82, 2.24) is 14.9 Å². The number of aromatic nitrogens is 2. The lowest BCUT2D eigenvalue weighted by atomic mass is 10.1. The van der Waals surface area contributed by atoms with Crippen LogP contribution in [0.5, 0.6) is 5.75 Å². The molecule has 1 amide bonds. The van der Waals surface area contributed by atoms with E-state index in [1.807, 2.05) is 6.07 Å². The fourth-order valence-electron chi connectivity index (χ4n) is 4.27. The Labute approximate surface area is 200 Å². The van der Waals surface area contributed by atoms with E-state index >= 15 is 0 Å². The lowest BCUT2D eigenvalue weighted by Crippen LogP contribution is -2.23. The predicted molar refractivity (Wildman–Crippen MR) is 134 cm³/mol. The van der Waals surface area contributed by atoms with Crippen molar-refractivity contribution >= 4 is 16.9 Å². The van der Waals surface area contributed by atoms with E-state index in [1.54, 1.807) is 12.1 Å². The highest BCUT2D eigenvalue weighted by Crippen LogP contribution is 2.23. The normalized spacial score (nSPS) is 11.1. The number of aryl methyl sites for hydroxylation is 4. The van der Waals surface area contributed by atoms with Gasteiger partial charge in [-0.05, 0) is 68.5 Å². The number of fused-ring (bicyclic) bond motifs is 1. The second-order valence-electron chi connectivity index (χ2n) is 8.64. The lowest BCUT2D eigenvalue weighted by Gasteiger charge is -2.13. The van der Waals surface area contributed by atoms with E-state index in [1.165, 1.54) is 22.9 Å². The predicted octanol–water partition coefficient (Wildman–Crippen LogP) is 5.86. The minimum absolute atomic E-state index is 0.157. The zero-order valence-electron chi connectivity index (χ0n) is 20.0. The molecule has 6 heteroatoms. The second kappa shape index (κ2) is 11.5. The summed E-state index contributed by atoms with van der Waals surface area (Å²) in [7, 11) is 0. The molecular formula is C28H33N3O3. The Bertz CT molecular complexity index is 1190. The highest BCUT2D eigenvalue weighted by atomic mass is 16.5. The number of amides is 1. The molecule has 2 heterocycles. The number of rotatable bonds is 12. The van der Waals surface area contributed by atoms with Crippen molar-refractivity contribution in [2.24, 2.45) is 0 Å². The molecule has 6 nitrogen and oxygen atoms in total. The van der Waals surface area contributed by atoms with Crippen molar-refractivity contribution < 1.29 is 13.9 Å². The molecule has 34 heavy (non-hydrogen) atoms. The Morgan fingerprint density at radius 1 is 0.971 bits per heavy atom. The van der Waals surface area contributed by atoms with Crippen molar-refractivity contribution in [2.45, 2.75) is 52.5 Å². The number of hydrogen-bond donors (Lipinski definition) is 1. The Morgan fingerprint density at radius 3 is 2.59 bits per heavy atom. The first-order valence-electron chi connectivity index (χ1n) is 12.1. The third-order valence-corrected chi connectivity index (χ3v) is 6.02. The van der Waals surface area contributed by atoms with E-state index in [2.05, 4.69) is 60.1 Å². The molecule has 0 atom stereocenters. The molecule has 0 bridgehead atoms. The molecule has 178 valence electrons. The molecule has 0 aliphatic carbocycles. The van der Waals surface area contributed by atoms with Crippen LogP contribution in [0.1, 0.15) is 53.2 Å². The number of nitrogens with one attached hydrogen (secondary N) is 1. The Hall–Kier alpha value is -3.54. The molecule has 0 spiro atoms. The number of carbonyl (C=O) groups is 1. The van der Waals surface area contributed by atoms with E-state index in [4.69, 9.17) is 14.1 Å². The number of benzene rings is 2. The van der Waals surface area contributed by atoms with E-state index in [0.29, 0.717) is 18.9 Å². The molecule has 0 unspecified atom stereocenters. The van der Waals surface area contributed by atoms with Gasteiger partial charge in [0.25, 0.3) is 5.91 Å². The molecule has 4 rings (SSSR count). The minimum atomic E-state index is -0.157. The minimum Gasteiger partial charge on any atom is -0.493 e. The third kappa shape index (κ3) is 5.87. The number of nitrogens with zero attached hydrogens (tertiary/aromatic N) is 2. The SMILES string of the molecule is Cc1cccc(C)c1OCCCn1c(CCCCCNC(=O)c2ccco2)nc2ccccc21. The topological polar surface area (TPSA) is 69.3 Å². The molecule has 2 aromatic heterocycles. The average molecular weight is 460 g/mol. The summed E-state index contributed by atoms with van der Waals surface area (Å²) >= 11 is 0. The zero-order valence-corrected chi connectivity index (χ0v) is 20.0. The molecule has 2 aromatic carbocycles. The van der Waals surface area contributed by atoms with E-state index in [0.717, 1.165) is 55.7 Å². The molecule has 4 aromatic rings. The van der Waals surface area contributed by atoms with Gasteiger partial charge in [-0.15, -0.1) is 0 Å². The highest BCUT2D eigenvalue weighted by Gasteiger charge is 2.11. The molecule has 0 aliphatic rings. The third-order valence-electron chi connectivity index (χ3n) is 6.02. The van der Waals surface area contributed by atoms with Gasteiger partial charge < -0.3 is 19.0 Å². The number of para-hydroxylation sites is 3. The maximum Gasteiger partial charge on any atom is 0.286 e. The lowest BCUT2D eigenvalue weighted by molar-refractivity contribution is 0.0925. The summed E-state index contributed by atoms with van der Waals surface area (Å²) in [5.41, 5.74) is 4.57. The van der Waals surface area contributed by atoms with Crippen LogP contribution in [0.25, 0.3) is 11.0 Å². The van der Waals surface area contributed by atoms with Crippen molar-refractivity contribution in [2.75, 3.05) is 13.2 Å². The van der Waals surface area contributed by atoms with E-state index in [9.17, 15) is 4.79 Å². The van der Waals surface area contributed by atoms with Crippen LogP contribution in [0.2, 0.25) is 0 Å². The van der Waals surface area contributed by atoms with Gasteiger partial charge in [0.1, 0.15) is 11.6 Å². The fourth-order valence-corrected chi connectivity index (χ4v) is 4.27. The van der Waals surface area contributed by atoms with Crippen LogP contribution < -0.4 is 10.1 Å². The fraction of sp³-hybridized carbons (Fsp3) is 0.357. The van der Waals surface area contributed by atoms with Crippen molar-refractivity contribution in [1.29, 1.82) is 0 Å². The molecule has 0 aliphatic heterocycles. The molecule has 1 N–H and O–H groups in total. The van der Waals surface area contributed by atoms with Gasteiger partial charge in [-0.2, -0.15) is 0 Å². The van der Waals surface area contributed by atoms with Gasteiger partial charge in [-0.1, -0.05) is 36.8 Å². The van der Waals surface area contributed by atoms with Gasteiger partial charge >= 0.3 is 0 Å². The van der Waals surface area contributed by atoms with Gasteiger partial charge in [0.15, 0.2) is 5.76 Å². The summed E-state index contributed by atoms with van der Waals surface area (Å²) < 4.78 is 13.6. The van der Waals surface area contributed by atoms with Gasteiger partial charge in [-0.25, -0.2) is 4.98 Å². The average Bonchev–Trinajstić information content (AvgIpc) is 3.49. The molecule has 0 saturated heterocycles. The monoisotopic (exact) mass is 459 g/mol. The maximum absolute atomic E-state index is 11.9. The quantitative estimate of drug-likeness (QED) is 0.270. The van der Waals surface area contributed by atoms with Crippen molar-refractivity contribution in [3.8, 4) is 5.75 Å². The number of carbonyl (C=O) groups excluding carboxylic acids is 1. The molecule has 0 radical (unpaired) electrons. The number of ether oxygens (including phenoxy) is 1. The number of hydrogen-bond acceptors (Lipinski definition) is 4. The largest absolute Gasteiger partial charge is 0.493 e. The van der Waals surface area contributed by atoms with Crippen LogP contribution in [-0.2, 0) is 13.0 Å². The summed E-state index contributed by atoms with van der Waals surface area (Å²) in [5, 5.41) is 2.90. The number of imidazole rings is 1. The summed E-state index contributed by atoms with van der Waals surface area (Å²) in [6.45, 7) is 6.37. The van der Waals surface area contributed by atoms with Gasteiger partial charge in [-0.3, -0.25) is 4.79 Å². The van der Waals surface area contributed by atoms with Crippen LogP contribution in [0.4, 0.5) is 0 Å². The zero-order chi connectivity index (χ0) is 23.8. The first-order valence-corrected chi connectivity index (χ1v) is 12.1. The van der Waals surface area contributed by atoms with Gasteiger partial charge in [0.2, 0.25) is 0 Å². The van der Waals surface area contributed by atoms with Crippen LogP contribution >= 0.6 is 0 Å². The summed E-state index contributed by atoms with van der Waals surface area (Å²) in [6.07, 6.45) is 6.32. The number of unbranched alkanes of at least 4 members (excludes halogenated alkanes) is 2. The summed E-state index contributed by atoms with van der Waals surface area (Å²) in [5.74, 6) is 2.32. The molecular weight excluding hydrogens is 426 g/mol.